The molecule has 1 fully saturated rings. The number of rotatable bonds is 4. The van der Waals surface area contributed by atoms with E-state index in [0.29, 0.717) is 27.8 Å². The van der Waals surface area contributed by atoms with Gasteiger partial charge >= 0.3 is 0 Å². The van der Waals surface area contributed by atoms with Crippen molar-refractivity contribution in [3.63, 3.8) is 0 Å². The summed E-state index contributed by atoms with van der Waals surface area (Å²) in [5.74, 6) is -0.157. The fraction of sp³-hybridized carbons (Fsp3) is 0.160. The van der Waals surface area contributed by atoms with Crippen LogP contribution in [0.15, 0.2) is 66.9 Å². The van der Waals surface area contributed by atoms with E-state index in [9.17, 15) is 18.3 Å². The minimum atomic E-state index is -2.61. The average Bonchev–Trinajstić information content (AvgIpc) is 3.32. The number of nitrogens with zero attached hydrogens (tertiary/aromatic N) is 1. The van der Waals surface area contributed by atoms with Crippen LogP contribution >= 0.6 is 33.8 Å². The molecule has 0 radical (unpaired) electrons. The molecule has 34 heavy (non-hydrogen) atoms. The molecule has 1 saturated heterocycles. The van der Waals surface area contributed by atoms with Crippen molar-refractivity contribution in [2.45, 2.75) is 12.5 Å². The predicted molar refractivity (Wildman–Crippen MR) is 137 cm³/mol. The van der Waals surface area contributed by atoms with E-state index in [4.69, 9.17) is 23.2 Å². The van der Waals surface area contributed by atoms with Crippen LogP contribution in [0.3, 0.4) is 0 Å². The van der Waals surface area contributed by atoms with Crippen LogP contribution in [-0.2, 0) is 0 Å². The zero-order chi connectivity index (χ0) is 24.0. The van der Waals surface area contributed by atoms with E-state index in [2.05, 4.69) is 5.32 Å². The van der Waals surface area contributed by atoms with E-state index in [1.807, 2.05) is 29.0 Å². The van der Waals surface area contributed by atoms with Crippen LogP contribution in [0.5, 0.6) is 0 Å². The van der Waals surface area contributed by atoms with Crippen LogP contribution in [0, 0.1) is 5.82 Å². The fourth-order valence-corrected chi connectivity index (χ4v) is 6.57. The third-order valence-corrected chi connectivity index (χ3v) is 8.20. The molecule has 1 unspecified atom stereocenters. The molecular formula is C25H21Cl2FN2O3S. The Morgan fingerprint density at radius 2 is 1.74 bits per heavy atom. The van der Waals surface area contributed by atoms with E-state index in [-0.39, 0.29) is 23.5 Å². The van der Waals surface area contributed by atoms with Crippen molar-refractivity contribution in [1.29, 1.82) is 0 Å². The van der Waals surface area contributed by atoms with Gasteiger partial charge in [-0.15, -0.1) is 0 Å². The van der Waals surface area contributed by atoms with Gasteiger partial charge in [0.2, 0.25) is 0 Å². The number of halogens is 3. The number of nitrogens with one attached hydrogen (secondary N) is 1. The molecule has 3 N–H and O–H groups in total. The van der Waals surface area contributed by atoms with E-state index >= 15 is 0 Å². The summed E-state index contributed by atoms with van der Waals surface area (Å²) in [4.78, 5) is 13.0. The van der Waals surface area contributed by atoms with Crippen LogP contribution in [0.4, 0.5) is 4.39 Å². The highest BCUT2D eigenvalue weighted by Gasteiger charge is 2.29. The van der Waals surface area contributed by atoms with E-state index in [0.717, 1.165) is 27.7 Å². The summed E-state index contributed by atoms with van der Waals surface area (Å²) < 4.78 is 35.2. The first-order valence-corrected chi connectivity index (χ1v) is 13.2. The van der Waals surface area contributed by atoms with Crippen molar-refractivity contribution >= 4 is 50.6 Å². The first kappa shape index (κ1) is 23.2. The van der Waals surface area contributed by atoms with Gasteiger partial charge in [-0.05, 0) is 66.6 Å². The Kier molecular flexibility index (Phi) is 6.08. The summed E-state index contributed by atoms with van der Waals surface area (Å²) >= 11 is 12.5. The summed E-state index contributed by atoms with van der Waals surface area (Å²) in [6.07, 6.45) is 2.44. The Hall–Kier alpha value is -2.55. The molecule has 176 valence electrons. The second-order valence-electron chi connectivity index (χ2n) is 8.41. The summed E-state index contributed by atoms with van der Waals surface area (Å²) in [5, 5.41) is 4.78. The smallest absolute Gasteiger partial charge is 0.251 e. The monoisotopic (exact) mass is 518 g/mol. The van der Waals surface area contributed by atoms with Gasteiger partial charge in [-0.3, -0.25) is 13.9 Å². The van der Waals surface area contributed by atoms with Crippen molar-refractivity contribution in [1.82, 2.24) is 9.88 Å². The summed E-state index contributed by atoms with van der Waals surface area (Å²) in [7, 11) is -2.61. The Morgan fingerprint density at radius 1 is 1.03 bits per heavy atom. The van der Waals surface area contributed by atoms with Gasteiger partial charge in [0.25, 0.3) is 5.91 Å². The van der Waals surface area contributed by atoms with Crippen molar-refractivity contribution < 1.29 is 18.3 Å². The molecule has 5 rings (SSSR count). The fourth-order valence-electron chi connectivity index (χ4n) is 4.33. The van der Waals surface area contributed by atoms with Crippen molar-refractivity contribution in [3.8, 4) is 16.8 Å². The van der Waals surface area contributed by atoms with Gasteiger partial charge in [0.15, 0.2) is 0 Å². The standard InChI is InChI=1S/C25H21Cl2FN2O3S/c26-17-9-16(10-18(27)12-17)23-13-30(21-4-2-19(28)3-5-21)24-11-15(1-6-22(23)24)25(31)29-20-7-8-34(32,33)14-20/h1-6,9-13,20,32-33H,7-8,14H2,(H,29,31). The molecule has 0 spiro atoms. The highest BCUT2D eigenvalue weighted by molar-refractivity contribution is 8.24. The minimum absolute atomic E-state index is 0.173. The molecule has 3 aromatic carbocycles. The molecule has 0 aliphatic carbocycles. The van der Waals surface area contributed by atoms with Crippen molar-refractivity contribution in [2.24, 2.45) is 0 Å². The Labute approximate surface area is 207 Å². The van der Waals surface area contributed by atoms with Crippen LogP contribution in [0.2, 0.25) is 10.0 Å². The molecule has 1 aliphatic heterocycles. The van der Waals surface area contributed by atoms with Crippen LogP contribution in [-0.4, -0.2) is 37.1 Å². The van der Waals surface area contributed by atoms with Crippen LogP contribution in [0.25, 0.3) is 27.7 Å². The van der Waals surface area contributed by atoms with Gasteiger partial charge < -0.3 is 9.88 Å². The first-order chi connectivity index (χ1) is 16.2. The van der Waals surface area contributed by atoms with E-state index < -0.39 is 10.6 Å². The van der Waals surface area contributed by atoms with Gasteiger partial charge in [0, 0.05) is 50.2 Å². The topological polar surface area (TPSA) is 74.5 Å². The lowest BCUT2D eigenvalue weighted by molar-refractivity contribution is 0.0941. The second kappa shape index (κ2) is 8.91. The number of hydrogen-bond donors (Lipinski definition) is 3. The molecule has 5 nitrogen and oxygen atoms in total. The van der Waals surface area contributed by atoms with Crippen molar-refractivity contribution in [3.05, 3.63) is 88.3 Å². The van der Waals surface area contributed by atoms with Crippen LogP contribution in [0.1, 0.15) is 16.8 Å². The lowest BCUT2D eigenvalue weighted by Gasteiger charge is -2.26. The predicted octanol–water partition coefficient (Wildman–Crippen LogP) is 7.00. The minimum Gasteiger partial charge on any atom is -0.348 e. The van der Waals surface area contributed by atoms with E-state index in [1.165, 1.54) is 12.1 Å². The number of aromatic nitrogens is 1. The third-order valence-electron chi connectivity index (χ3n) is 5.94. The molecule has 0 saturated carbocycles. The van der Waals surface area contributed by atoms with Gasteiger partial charge in [0.1, 0.15) is 5.82 Å². The number of hydrogen-bond acceptors (Lipinski definition) is 3. The quantitative estimate of drug-likeness (QED) is 0.272. The zero-order valence-corrected chi connectivity index (χ0v) is 20.2. The summed E-state index contributed by atoms with van der Waals surface area (Å²) in [6, 6.07) is 16.5. The average molecular weight is 519 g/mol. The van der Waals surface area contributed by atoms with Crippen LogP contribution < -0.4 is 5.32 Å². The largest absolute Gasteiger partial charge is 0.348 e. The molecule has 4 aromatic rings. The molecule has 0 bridgehead atoms. The first-order valence-electron chi connectivity index (χ1n) is 10.6. The number of carbonyl (C=O) groups excluding carboxylic acids is 1. The molecule has 1 atom stereocenters. The third kappa shape index (κ3) is 4.67. The molecule has 2 heterocycles. The number of benzene rings is 3. The maximum atomic E-state index is 13.6. The SMILES string of the molecule is O=C(NC1CCS(O)(O)C1)c1ccc2c(-c3cc(Cl)cc(Cl)c3)cn(-c3ccc(F)cc3)c2c1. The number of carbonyl (C=O) groups is 1. The molecule has 1 aliphatic rings. The Bertz CT molecular complexity index is 1390. The van der Waals surface area contributed by atoms with Gasteiger partial charge in [0.05, 0.1) is 11.3 Å². The summed E-state index contributed by atoms with van der Waals surface area (Å²) in [5.41, 5.74) is 3.60. The van der Waals surface area contributed by atoms with Gasteiger partial charge in [-0.2, -0.15) is 10.6 Å². The lowest BCUT2D eigenvalue weighted by atomic mass is 10.0. The number of fused-ring (bicyclic) bond motifs is 1. The number of amides is 1. The van der Waals surface area contributed by atoms with Gasteiger partial charge in [-0.1, -0.05) is 29.3 Å². The maximum absolute atomic E-state index is 13.6. The highest BCUT2D eigenvalue weighted by Crippen LogP contribution is 2.45. The second-order valence-corrected chi connectivity index (χ2v) is 11.6. The molecular weight excluding hydrogens is 498 g/mol. The zero-order valence-electron chi connectivity index (χ0n) is 17.8. The molecule has 9 heteroatoms. The van der Waals surface area contributed by atoms with E-state index in [1.54, 1.807) is 30.3 Å². The summed E-state index contributed by atoms with van der Waals surface area (Å²) in [6.45, 7) is 0. The maximum Gasteiger partial charge on any atom is 0.251 e. The molecule has 1 aromatic heterocycles. The highest BCUT2D eigenvalue weighted by atomic mass is 35.5. The lowest BCUT2D eigenvalue weighted by Crippen LogP contribution is -2.35. The Balaban J connectivity index is 1.60. The van der Waals surface area contributed by atoms with Crippen molar-refractivity contribution in [2.75, 3.05) is 11.5 Å². The Morgan fingerprint density at radius 3 is 2.38 bits per heavy atom. The van der Waals surface area contributed by atoms with Gasteiger partial charge in [-0.25, -0.2) is 4.39 Å². The molecule has 1 amide bonds. The normalized spacial score (nSPS) is 18.2.